The Morgan fingerprint density at radius 2 is 1.74 bits per heavy atom. The minimum Gasteiger partial charge on any atom is -0.464 e. The van der Waals surface area contributed by atoms with Crippen molar-refractivity contribution in [2.75, 3.05) is 7.11 Å². The third-order valence-corrected chi connectivity index (χ3v) is 5.64. The summed E-state index contributed by atoms with van der Waals surface area (Å²) in [4.78, 5) is 33.4. The van der Waals surface area contributed by atoms with Gasteiger partial charge < -0.3 is 9.14 Å². The summed E-state index contributed by atoms with van der Waals surface area (Å²) in [5, 5.41) is 0.373. The van der Waals surface area contributed by atoms with E-state index in [0.29, 0.717) is 22.1 Å². The average Bonchev–Trinajstić information content (AvgIpc) is 3.28. The van der Waals surface area contributed by atoms with Gasteiger partial charge in [-0.25, -0.2) is 14.8 Å². The fraction of sp³-hybridized carbons (Fsp3) is 0.120. The van der Waals surface area contributed by atoms with Crippen LogP contribution >= 0.6 is 0 Å². The van der Waals surface area contributed by atoms with Gasteiger partial charge in [-0.05, 0) is 53.1 Å². The molecule has 176 valence electrons. The monoisotopic (exact) mass is 478 g/mol. The molecule has 0 fully saturated rings. The molecule has 2 aromatic carbocycles. The van der Waals surface area contributed by atoms with Gasteiger partial charge in [0.15, 0.2) is 5.69 Å². The Morgan fingerprint density at radius 1 is 1.00 bits per heavy atom. The average molecular weight is 478 g/mol. The highest BCUT2D eigenvalue weighted by Gasteiger charge is 2.29. The van der Waals surface area contributed by atoms with E-state index in [1.165, 1.54) is 30.1 Å². The first-order chi connectivity index (χ1) is 16.7. The standard InChI is InChI=1S/C25H17F3N4O3/c1-35-24(34)21-13-31-12-17(5-9-22(31)30-21)16-4-8-20-19(10-16)23(33)32(14-29-20)11-15-2-6-18(7-3-15)25(26,27)28/h2-10,12-14H,11H2,1H3. The maximum Gasteiger partial charge on any atom is 0.416 e. The number of alkyl halides is 3. The number of carbonyl (C=O) groups excluding carboxylic acids is 1. The molecule has 0 amide bonds. The Kier molecular flexibility index (Phi) is 5.35. The predicted molar refractivity (Wildman–Crippen MR) is 122 cm³/mol. The summed E-state index contributed by atoms with van der Waals surface area (Å²) < 4.78 is 46.2. The highest BCUT2D eigenvalue weighted by molar-refractivity contribution is 5.88. The molecule has 5 aromatic rings. The summed E-state index contributed by atoms with van der Waals surface area (Å²) in [5.41, 5.74) is 2.26. The molecule has 0 atom stereocenters. The zero-order valence-corrected chi connectivity index (χ0v) is 18.3. The van der Waals surface area contributed by atoms with Crippen LogP contribution in [0.3, 0.4) is 0 Å². The third kappa shape index (κ3) is 4.25. The maximum absolute atomic E-state index is 13.1. The molecule has 0 aliphatic rings. The SMILES string of the molecule is COC(=O)c1cn2cc(-c3ccc4ncn(Cc5ccc(C(F)(F)F)cc5)c(=O)c4c3)ccc2n1. The van der Waals surface area contributed by atoms with Crippen molar-refractivity contribution in [2.45, 2.75) is 12.7 Å². The Balaban J connectivity index is 1.49. The molecular formula is C25H17F3N4O3. The Hall–Kier alpha value is -4.47. The van der Waals surface area contributed by atoms with Gasteiger partial charge in [0.1, 0.15) is 5.65 Å². The van der Waals surface area contributed by atoms with Crippen molar-refractivity contribution in [2.24, 2.45) is 0 Å². The molecule has 35 heavy (non-hydrogen) atoms. The van der Waals surface area contributed by atoms with E-state index in [0.717, 1.165) is 23.3 Å². The quantitative estimate of drug-likeness (QED) is 0.354. The van der Waals surface area contributed by atoms with Crippen LogP contribution < -0.4 is 5.56 Å². The van der Waals surface area contributed by atoms with Gasteiger partial charge >= 0.3 is 12.1 Å². The normalized spacial score (nSPS) is 11.8. The number of ether oxygens (including phenoxy) is 1. The number of hydrogen-bond acceptors (Lipinski definition) is 5. The van der Waals surface area contributed by atoms with Gasteiger partial charge in [0.2, 0.25) is 0 Å². The second kappa shape index (κ2) is 8.39. The number of imidazole rings is 1. The second-order valence-corrected chi connectivity index (χ2v) is 7.91. The number of fused-ring (bicyclic) bond motifs is 2. The van der Waals surface area contributed by atoms with Crippen molar-refractivity contribution >= 4 is 22.5 Å². The van der Waals surface area contributed by atoms with E-state index >= 15 is 0 Å². The first-order valence-electron chi connectivity index (χ1n) is 10.5. The molecule has 0 bridgehead atoms. The predicted octanol–water partition coefficient (Wildman–Crippen LogP) is 4.56. The van der Waals surface area contributed by atoms with Crippen LogP contribution in [0, 0.1) is 0 Å². The molecule has 0 aliphatic heterocycles. The smallest absolute Gasteiger partial charge is 0.416 e. The minimum absolute atomic E-state index is 0.0848. The first kappa shape index (κ1) is 22.3. The topological polar surface area (TPSA) is 78.5 Å². The highest BCUT2D eigenvalue weighted by Crippen LogP contribution is 2.29. The van der Waals surface area contributed by atoms with Gasteiger partial charge in [-0.3, -0.25) is 9.36 Å². The number of nitrogens with zero attached hydrogens (tertiary/aromatic N) is 4. The molecule has 0 aliphatic carbocycles. The van der Waals surface area contributed by atoms with Crippen LogP contribution in [0.25, 0.3) is 27.7 Å². The van der Waals surface area contributed by atoms with Crippen LogP contribution in [-0.2, 0) is 17.5 Å². The van der Waals surface area contributed by atoms with Crippen molar-refractivity contribution in [3.8, 4) is 11.1 Å². The fourth-order valence-electron chi connectivity index (χ4n) is 3.81. The molecule has 0 spiro atoms. The van der Waals surface area contributed by atoms with Crippen LogP contribution in [0.5, 0.6) is 0 Å². The maximum atomic E-state index is 13.1. The summed E-state index contributed by atoms with van der Waals surface area (Å²) in [6.07, 6.45) is 0.308. The number of halogens is 3. The van der Waals surface area contributed by atoms with Crippen molar-refractivity contribution in [3.63, 3.8) is 0 Å². The highest BCUT2D eigenvalue weighted by atomic mass is 19.4. The largest absolute Gasteiger partial charge is 0.464 e. The summed E-state index contributed by atoms with van der Waals surface area (Å²) in [5.74, 6) is -0.541. The number of aromatic nitrogens is 4. The van der Waals surface area contributed by atoms with Crippen LogP contribution in [0.4, 0.5) is 13.2 Å². The van der Waals surface area contributed by atoms with Gasteiger partial charge in [0.25, 0.3) is 5.56 Å². The Bertz CT molecular complexity index is 1640. The van der Waals surface area contributed by atoms with E-state index < -0.39 is 17.7 Å². The Labute approximate surface area is 196 Å². The summed E-state index contributed by atoms with van der Waals surface area (Å²) in [7, 11) is 1.28. The van der Waals surface area contributed by atoms with Crippen molar-refractivity contribution in [1.82, 2.24) is 18.9 Å². The van der Waals surface area contributed by atoms with E-state index in [1.54, 1.807) is 35.0 Å². The lowest BCUT2D eigenvalue weighted by Crippen LogP contribution is -2.21. The van der Waals surface area contributed by atoms with Gasteiger partial charge in [0.05, 0.1) is 36.4 Å². The van der Waals surface area contributed by atoms with Gasteiger partial charge in [-0.2, -0.15) is 13.2 Å². The van der Waals surface area contributed by atoms with Gasteiger partial charge in [0, 0.05) is 12.4 Å². The third-order valence-electron chi connectivity index (χ3n) is 5.64. The summed E-state index contributed by atoms with van der Waals surface area (Å²) in [6, 6.07) is 13.5. The fourth-order valence-corrected chi connectivity index (χ4v) is 3.81. The molecule has 10 heteroatoms. The van der Waals surface area contributed by atoms with Crippen molar-refractivity contribution < 1.29 is 22.7 Å². The number of pyridine rings is 1. The summed E-state index contributed by atoms with van der Waals surface area (Å²) >= 11 is 0. The molecule has 5 rings (SSSR count). The van der Waals surface area contributed by atoms with Crippen LogP contribution in [0.15, 0.2) is 78.1 Å². The van der Waals surface area contributed by atoms with E-state index in [4.69, 9.17) is 4.74 Å². The molecule has 3 heterocycles. The zero-order chi connectivity index (χ0) is 24.7. The minimum atomic E-state index is -4.42. The van der Waals surface area contributed by atoms with E-state index in [9.17, 15) is 22.8 Å². The van der Waals surface area contributed by atoms with Crippen LogP contribution in [0.2, 0.25) is 0 Å². The second-order valence-electron chi connectivity index (χ2n) is 7.91. The molecule has 7 nitrogen and oxygen atoms in total. The Morgan fingerprint density at radius 3 is 2.46 bits per heavy atom. The van der Waals surface area contributed by atoms with E-state index in [-0.39, 0.29) is 17.8 Å². The number of rotatable bonds is 4. The molecule has 0 radical (unpaired) electrons. The number of benzene rings is 2. The molecule has 0 saturated carbocycles. The molecular weight excluding hydrogens is 461 g/mol. The molecule has 3 aromatic heterocycles. The van der Waals surface area contributed by atoms with Crippen molar-refractivity contribution in [1.29, 1.82) is 0 Å². The molecule has 0 unspecified atom stereocenters. The van der Waals surface area contributed by atoms with Gasteiger partial charge in [-0.15, -0.1) is 0 Å². The zero-order valence-electron chi connectivity index (χ0n) is 18.3. The van der Waals surface area contributed by atoms with Crippen LogP contribution in [-0.4, -0.2) is 32.0 Å². The lowest BCUT2D eigenvalue weighted by molar-refractivity contribution is -0.137. The number of carbonyl (C=O) groups is 1. The van der Waals surface area contributed by atoms with E-state index in [1.807, 2.05) is 12.1 Å². The first-order valence-corrected chi connectivity index (χ1v) is 10.5. The van der Waals surface area contributed by atoms with E-state index in [2.05, 4.69) is 9.97 Å². The number of methoxy groups -OCH3 is 1. The number of esters is 1. The number of hydrogen-bond donors (Lipinski definition) is 0. The lowest BCUT2D eigenvalue weighted by atomic mass is 10.1. The van der Waals surface area contributed by atoms with Crippen molar-refractivity contribution in [3.05, 3.63) is 100 Å². The van der Waals surface area contributed by atoms with Gasteiger partial charge in [-0.1, -0.05) is 18.2 Å². The lowest BCUT2D eigenvalue weighted by Gasteiger charge is -2.10. The molecule has 0 saturated heterocycles. The summed E-state index contributed by atoms with van der Waals surface area (Å²) in [6.45, 7) is 0.0848. The molecule has 0 N–H and O–H groups in total. The van der Waals surface area contributed by atoms with Crippen LogP contribution in [0.1, 0.15) is 21.6 Å².